The number of anilines is 1. The zero-order chi connectivity index (χ0) is 19.7. The Morgan fingerprint density at radius 1 is 1.30 bits per heavy atom. The summed E-state index contributed by atoms with van der Waals surface area (Å²) >= 11 is 0. The van der Waals surface area contributed by atoms with Crippen molar-refractivity contribution < 1.29 is 4.74 Å². The van der Waals surface area contributed by atoms with Crippen molar-refractivity contribution in [3.63, 3.8) is 0 Å². The molecule has 7 nitrogen and oxygen atoms in total. The van der Waals surface area contributed by atoms with E-state index in [9.17, 15) is 0 Å². The first-order valence-corrected chi connectivity index (χ1v) is 9.68. The van der Waals surface area contributed by atoms with Crippen LogP contribution in [0.4, 0.5) is 5.82 Å². The Labute approximate surface area is 161 Å². The average Bonchev–Trinajstić information content (AvgIpc) is 2.87. The van der Waals surface area contributed by atoms with Crippen molar-refractivity contribution in [3.05, 3.63) is 34.5 Å². The van der Waals surface area contributed by atoms with Crippen LogP contribution in [0.15, 0.2) is 6.07 Å². The Kier molecular flexibility index (Phi) is 5.81. The maximum Gasteiger partial charge on any atom is 0.156 e. The van der Waals surface area contributed by atoms with Gasteiger partial charge in [0, 0.05) is 61.7 Å². The molecule has 0 spiro atoms. The van der Waals surface area contributed by atoms with Crippen LogP contribution >= 0.6 is 0 Å². The quantitative estimate of drug-likeness (QED) is 0.805. The van der Waals surface area contributed by atoms with E-state index in [1.54, 1.807) is 7.11 Å². The standard InChI is InChI=1S/C20H32N6O/c1-12(2)26-14(4)17(13(3)24-26)10-25(5)20-9-18(15-7-16(21)8-15)22-19(23-20)11-27-6/h9,12,15-16H,7-8,10-11,21H2,1-6H3. The van der Waals surface area contributed by atoms with Crippen LogP contribution in [0.1, 0.15) is 67.1 Å². The maximum atomic E-state index is 5.98. The predicted octanol–water partition coefficient (Wildman–Crippen LogP) is 2.86. The molecule has 0 saturated heterocycles. The first-order valence-electron chi connectivity index (χ1n) is 9.68. The molecule has 1 fully saturated rings. The van der Waals surface area contributed by atoms with Gasteiger partial charge in [-0.1, -0.05) is 0 Å². The second kappa shape index (κ2) is 7.94. The number of aromatic nitrogens is 4. The average molecular weight is 373 g/mol. The molecular formula is C20H32N6O. The molecule has 0 bridgehead atoms. The first kappa shape index (κ1) is 19.8. The molecule has 0 amide bonds. The first-order chi connectivity index (χ1) is 12.8. The number of methoxy groups -OCH3 is 1. The third kappa shape index (κ3) is 4.14. The second-order valence-electron chi connectivity index (χ2n) is 7.97. The van der Waals surface area contributed by atoms with E-state index in [0.29, 0.717) is 24.6 Å². The summed E-state index contributed by atoms with van der Waals surface area (Å²) in [5.74, 6) is 2.07. The van der Waals surface area contributed by atoms with Gasteiger partial charge in [-0.15, -0.1) is 0 Å². The number of ether oxygens (including phenoxy) is 1. The van der Waals surface area contributed by atoms with Crippen LogP contribution in [-0.2, 0) is 17.9 Å². The summed E-state index contributed by atoms with van der Waals surface area (Å²) in [6, 6.07) is 2.75. The monoisotopic (exact) mass is 372 g/mol. The summed E-state index contributed by atoms with van der Waals surface area (Å²) in [6.07, 6.45) is 1.98. The number of hydrogen-bond acceptors (Lipinski definition) is 6. The van der Waals surface area contributed by atoms with Crippen LogP contribution in [0.3, 0.4) is 0 Å². The van der Waals surface area contributed by atoms with Gasteiger partial charge in [-0.2, -0.15) is 5.10 Å². The van der Waals surface area contributed by atoms with Gasteiger partial charge in [-0.3, -0.25) is 4.68 Å². The van der Waals surface area contributed by atoms with Gasteiger partial charge in [0.1, 0.15) is 12.4 Å². The number of nitrogens with two attached hydrogens (primary N) is 1. The van der Waals surface area contributed by atoms with Gasteiger partial charge >= 0.3 is 0 Å². The smallest absolute Gasteiger partial charge is 0.156 e. The van der Waals surface area contributed by atoms with Gasteiger partial charge in [0.25, 0.3) is 0 Å². The summed E-state index contributed by atoms with van der Waals surface area (Å²) in [5, 5.41) is 4.70. The lowest BCUT2D eigenvalue weighted by atomic mass is 9.78. The van der Waals surface area contributed by atoms with Crippen LogP contribution in [0, 0.1) is 13.8 Å². The van der Waals surface area contributed by atoms with Crippen molar-refractivity contribution in [1.82, 2.24) is 19.7 Å². The molecule has 0 radical (unpaired) electrons. The summed E-state index contributed by atoms with van der Waals surface area (Å²) in [4.78, 5) is 11.6. The lowest BCUT2D eigenvalue weighted by Gasteiger charge is -2.32. The Hall–Kier alpha value is -1.99. The number of hydrogen-bond donors (Lipinski definition) is 1. The van der Waals surface area contributed by atoms with Crippen molar-refractivity contribution >= 4 is 5.82 Å². The SMILES string of the molecule is COCc1nc(C2CC(N)C2)cc(N(C)Cc2c(C)nn(C(C)C)c2C)n1. The van der Waals surface area contributed by atoms with E-state index in [4.69, 9.17) is 25.5 Å². The van der Waals surface area contributed by atoms with E-state index in [-0.39, 0.29) is 0 Å². The third-order valence-electron chi connectivity index (χ3n) is 5.40. The molecule has 0 aliphatic heterocycles. The van der Waals surface area contributed by atoms with Gasteiger partial charge < -0.3 is 15.4 Å². The predicted molar refractivity (Wildman–Crippen MR) is 107 cm³/mol. The summed E-state index contributed by atoms with van der Waals surface area (Å²) in [7, 11) is 3.74. The highest BCUT2D eigenvalue weighted by molar-refractivity contribution is 5.42. The van der Waals surface area contributed by atoms with Crippen molar-refractivity contribution in [2.45, 2.75) is 71.7 Å². The van der Waals surface area contributed by atoms with Gasteiger partial charge in [-0.25, -0.2) is 9.97 Å². The lowest BCUT2D eigenvalue weighted by molar-refractivity contribution is 0.177. The molecule has 2 N–H and O–H groups in total. The minimum Gasteiger partial charge on any atom is -0.377 e. The number of rotatable bonds is 7. The topological polar surface area (TPSA) is 82.1 Å². The van der Waals surface area contributed by atoms with Gasteiger partial charge in [0.2, 0.25) is 0 Å². The largest absolute Gasteiger partial charge is 0.377 e. The molecule has 2 aromatic heterocycles. The van der Waals surface area contributed by atoms with Crippen molar-refractivity contribution in [1.29, 1.82) is 0 Å². The third-order valence-corrected chi connectivity index (χ3v) is 5.40. The zero-order valence-electron chi connectivity index (χ0n) is 17.4. The molecule has 2 heterocycles. The Morgan fingerprint density at radius 3 is 2.56 bits per heavy atom. The maximum absolute atomic E-state index is 5.98. The molecule has 148 valence electrons. The number of nitrogens with zero attached hydrogens (tertiary/aromatic N) is 5. The van der Waals surface area contributed by atoms with Crippen LogP contribution in [0.2, 0.25) is 0 Å². The van der Waals surface area contributed by atoms with E-state index in [2.05, 4.69) is 50.4 Å². The Morgan fingerprint density at radius 2 is 2.00 bits per heavy atom. The lowest BCUT2D eigenvalue weighted by Crippen LogP contribution is -2.35. The van der Waals surface area contributed by atoms with E-state index < -0.39 is 0 Å². The second-order valence-corrected chi connectivity index (χ2v) is 7.97. The highest BCUT2D eigenvalue weighted by Crippen LogP contribution is 2.35. The fourth-order valence-corrected chi connectivity index (χ4v) is 3.75. The fraction of sp³-hybridized carbons (Fsp3) is 0.650. The van der Waals surface area contributed by atoms with Crippen LogP contribution in [0.25, 0.3) is 0 Å². The minimum absolute atomic E-state index is 0.296. The van der Waals surface area contributed by atoms with Crippen LogP contribution in [0.5, 0.6) is 0 Å². The molecule has 1 aliphatic rings. The van der Waals surface area contributed by atoms with Crippen LogP contribution in [-0.4, -0.2) is 39.9 Å². The van der Waals surface area contributed by atoms with Crippen molar-refractivity contribution in [3.8, 4) is 0 Å². The molecular weight excluding hydrogens is 340 g/mol. The van der Waals surface area contributed by atoms with Crippen molar-refractivity contribution in [2.75, 3.05) is 19.1 Å². The van der Waals surface area contributed by atoms with Crippen molar-refractivity contribution in [2.24, 2.45) is 5.73 Å². The molecule has 1 aliphatic carbocycles. The molecule has 0 aromatic carbocycles. The fourth-order valence-electron chi connectivity index (χ4n) is 3.75. The Bertz CT molecular complexity index is 794. The molecule has 0 atom stereocenters. The zero-order valence-corrected chi connectivity index (χ0v) is 17.4. The van der Waals surface area contributed by atoms with Gasteiger partial charge in [-0.05, 0) is 40.5 Å². The van der Waals surface area contributed by atoms with Gasteiger partial charge in [0.15, 0.2) is 5.82 Å². The van der Waals surface area contributed by atoms with E-state index in [0.717, 1.165) is 42.4 Å². The van der Waals surface area contributed by atoms with E-state index >= 15 is 0 Å². The van der Waals surface area contributed by atoms with E-state index in [1.165, 1.54) is 11.3 Å². The summed E-state index contributed by atoms with van der Waals surface area (Å²) in [5.41, 5.74) is 10.6. The highest BCUT2D eigenvalue weighted by Gasteiger charge is 2.29. The molecule has 7 heteroatoms. The minimum atomic E-state index is 0.296. The molecule has 2 aromatic rings. The number of aryl methyl sites for hydroxylation is 1. The van der Waals surface area contributed by atoms with Crippen LogP contribution < -0.4 is 10.6 Å². The summed E-state index contributed by atoms with van der Waals surface area (Å²) in [6.45, 7) is 9.70. The molecule has 0 unspecified atom stereocenters. The molecule has 3 rings (SSSR count). The Balaban J connectivity index is 1.86. The van der Waals surface area contributed by atoms with E-state index in [1.807, 2.05) is 0 Å². The molecule has 27 heavy (non-hydrogen) atoms. The highest BCUT2D eigenvalue weighted by atomic mass is 16.5. The summed E-state index contributed by atoms with van der Waals surface area (Å²) < 4.78 is 7.37. The normalized spacial score (nSPS) is 19.4. The molecule has 1 saturated carbocycles. The van der Waals surface area contributed by atoms with Gasteiger partial charge in [0.05, 0.1) is 5.69 Å².